The summed E-state index contributed by atoms with van der Waals surface area (Å²) in [7, 11) is 1.61. The maximum atomic E-state index is 13.0. The molecule has 2 aromatic carbocycles. The topological polar surface area (TPSA) is 55.9 Å². The lowest BCUT2D eigenvalue weighted by Gasteiger charge is -2.35. The fourth-order valence-electron chi connectivity index (χ4n) is 4.56. The molecule has 6 nitrogen and oxygen atoms in total. The van der Waals surface area contributed by atoms with Gasteiger partial charge in [-0.15, -0.1) is 0 Å². The van der Waals surface area contributed by atoms with Crippen LogP contribution < -0.4 is 5.32 Å². The fourth-order valence-corrected chi connectivity index (χ4v) is 5.62. The van der Waals surface area contributed by atoms with Crippen LogP contribution in [0.3, 0.4) is 0 Å². The number of likely N-dealkylation sites (N-methyl/N-ethyl adjacent to an activating group) is 1. The first-order valence-corrected chi connectivity index (χ1v) is 14.3. The number of piperazine rings is 1. The molecule has 2 aliphatic heterocycles. The van der Waals surface area contributed by atoms with E-state index in [0.29, 0.717) is 16.0 Å². The van der Waals surface area contributed by atoms with Crippen molar-refractivity contribution >= 4 is 47.1 Å². The standard InChI is InChI=1S/C16H22FN3OS.C11H13Cl2NO/c1-22-20-10-8-18(9-11-20)16(21)19-7-6-14(12-19)13-2-4-15(17)5-3-13;1-11(2,10(15)14-3)7-4-8(12)6-9(13)5-7/h2-5,14H,6-12H2,1H3;4-6H,1-3H3,(H,14,15)/t14-;/m0./s1. The molecule has 10 heteroatoms. The van der Waals surface area contributed by atoms with Crippen LogP contribution in [0, 0.1) is 5.82 Å². The van der Waals surface area contributed by atoms with Gasteiger partial charge >= 0.3 is 6.03 Å². The van der Waals surface area contributed by atoms with Crippen molar-refractivity contribution in [1.29, 1.82) is 0 Å². The van der Waals surface area contributed by atoms with E-state index in [2.05, 4.69) is 15.9 Å². The summed E-state index contributed by atoms with van der Waals surface area (Å²) in [5.74, 6) is 0.0548. The van der Waals surface area contributed by atoms with Crippen LogP contribution in [0.2, 0.25) is 10.0 Å². The van der Waals surface area contributed by atoms with Gasteiger partial charge in [-0.2, -0.15) is 0 Å². The number of carbonyl (C=O) groups is 2. The monoisotopic (exact) mass is 568 g/mol. The molecule has 4 rings (SSSR count). The number of nitrogens with zero attached hydrogens (tertiary/aromatic N) is 3. The molecule has 1 N–H and O–H groups in total. The smallest absolute Gasteiger partial charge is 0.320 e. The molecule has 1 atom stereocenters. The third-order valence-electron chi connectivity index (χ3n) is 6.95. The summed E-state index contributed by atoms with van der Waals surface area (Å²) >= 11 is 13.5. The molecular formula is C27H35Cl2FN4O2S. The average molecular weight is 570 g/mol. The first kappa shape index (κ1) is 29.6. The highest BCUT2D eigenvalue weighted by Gasteiger charge is 2.32. The molecule has 0 unspecified atom stereocenters. The third-order valence-corrected chi connectivity index (χ3v) is 8.26. The number of likely N-dealkylation sites (tertiary alicyclic amines) is 1. The molecule has 0 bridgehead atoms. The minimum Gasteiger partial charge on any atom is -0.358 e. The van der Waals surface area contributed by atoms with E-state index in [9.17, 15) is 14.0 Å². The van der Waals surface area contributed by atoms with Crippen LogP contribution in [0.5, 0.6) is 0 Å². The average Bonchev–Trinajstić information content (AvgIpc) is 3.38. The van der Waals surface area contributed by atoms with Crippen molar-refractivity contribution in [3.63, 3.8) is 0 Å². The second-order valence-corrected chi connectivity index (χ2v) is 11.5. The summed E-state index contributed by atoms with van der Waals surface area (Å²) in [5.41, 5.74) is 1.30. The molecule has 2 aromatic rings. The second kappa shape index (κ2) is 13.2. The van der Waals surface area contributed by atoms with Gasteiger partial charge in [-0.3, -0.25) is 4.79 Å². The van der Waals surface area contributed by atoms with Gasteiger partial charge < -0.3 is 15.1 Å². The van der Waals surface area contributed by atoms with E-state index in [1.54, 1.807) is 37.2 Å². The Labute approximate surface area is 233 Å². The molecule has 0 radical (unpaired) electrons. The summed E-state index contributed by atoms with van der Waals surface area (Å²) in [6.45, 7) is 8.66. The number of carbonyl (C=O) groups excluding carboxylic acids is 2. The molecule has 0 saturated carbocycles. The predicted molar refractivity (Wildman–Crippen MR) is 151 cm³/mol. The van der Waals surface area contributed by atoms with Crippen molar-refractivity contribution in [3.8, 4) is 0 Å². The Bertz CT molecular complexity index is 1060. The molecule has 0 spiro atoms. The number of hydrogen-bond acceptors (Lipinski definition) is 4. The lowest BCUT2D eigenvalue weighted by Crippen LogP contribution is -2.50. The van der Waals surface area contributed by atoms with Gasteiger partial charge in [0.1, 0.15) is 5.82 Å². The van der Waals surface area contributed by atoms with E-state index >= 15 is 0 Å². The molecule has 3 amide bonds. The zero-order valence-corrected chi connectivity index (χ0v) is 24.1. The zero-order chi connectivity index (χ0) is 27.2. The second-order valence-electron chi connectivity index (χ2n) is 9.73. The Kier molecular flexibility index (Phi) is 10.5. The molecule has 0 aromatic heterocycles. The molecule has 2 saturated heterocycles. The lowest BCUT2D eigenvalue weighted by atomic mass is 9.84. The van der Waals surface area contributed by atoms with Gasteiger partial charge in [0.2, 0.25) is 5.91 Å². The first-order chi connectivity index (χ1) is 17.5. The van der Waals surface area contributed by atoms with Crippen LogP contribution in [0.25, 0.3) is 0 Å². The van der Waals surface area contributed by atoms with Gasteiger partial charge in [-0.1, -0.05) is 47.3 Å². The Morgan fingerprint density at radius 3 is 2.11 bits per heavy atom. The van der Waals surface area contributed by atoms with E-state index in [1.807, 2.05) is 35.8 Å². The quantitative estimate of drug-likeness (QED) is 0.484. The molecule has 2 aliphatic rings. The number of nitrogens with one attached hydrogen (secondary N) is 1. The Morgan fingerprint density at radius 1 is 0.973 bits per heavy atom. The Hall–Kier alpha value is -2.00. The third kappa shape index (κ3) is 7.76. The van der Waals surface area contributed by atoms with Crippen molar-refractivity contribution in [2.75, 3.05) is 52.6 Å². The highest BCUT2D eigenvalue weighted by atomic mass is 35.5. The number of halogens is 3. The number of benzene rings is 2. The minimum absolute atomic E-state index is 0.0687. The van der Waals surface area contributed by atoms with Gasteiger partial charge in [-0.05, 0) is 68.0 Å². The number of rotatable bonds is 4. The van der Waals surface area contributed by atoms with Gasteiger partial charge in [0.25, 0.3) is 0 Å². The number of hydrogen-bond donors (Lipinski definition) is 1. The van der Waals surface area contributed by atoms with Gasteiger partial charge in [0.05, 0.1) is 5.41 Å². The normalized spacial score (nSPS) is 18.3. The molecule has 0 aliphatic carbocycles. The summed E-state index contributed by atoms with van der Waals surface area (Å²) in [4.78, 5) is 28.2. The van der Waals surface area contributed by atoms with Gasteiger partial charge in [0, 0.05) is 62.3 Å². The van der Waals surface area contributed by atoms with Crippen molar-refractivity contribution in [1.82, 2.24) is 19.4 Å². The maximum absolute atomic E-state index is 13.0. The maximum Gasteiger partial charge on any atom is 0.320 e. The Morgan fingerprint density at radius 2 is 1.57 bits per heavy atom. The van der Waals surface area contributed by atoms with Crippen LogP contribution in [0.15, 0.2) is 42.5 Å². The highest BCUT2D eigenvalue weighted by molar-refractivity contribution is 7.96. The number of amides is 3. The zero-order valence-electron chi connectivity index (χ0n) is 21.8. The largest absolute Gasteiger partial charge is 0.358 e. The van der Waals surface area contributed by atoms with E-state index in [1.165, 1.54) is 12.1 Å². The molecule has 2 heterocycles. The summed E-state index contributed by atoms with van der Waals surface area (Å²) in [6, 6.07) is 12.0. The Balaban J connectivity index is 0.000000222. The number of urea groups is 1. The predicted octanol–water partition coefficient (Wildman–Crippen LogP) is 5.65. The van der Waals surface area contributed by atoms with Crippen LogP contribution in [0.1, 0.15) is 37.3 Å². The van der Waals surface area contributed by atoms with Crippen LogP contribution in [-0.4, -0.2) is 78.6 Å². The SMILES string of the molecule is CNC(=O)C(C)(C)c1cc(Cl)cc(Cl)c1.CSN1CCN(C(=O)N2CC[C@H](c3ccc(F)cc3)C2)CC1. The highest BCUT2D eigenvalue weighted by Crippen LogP contribution is 2.30. The molecule has 202 valence electrons. The summed E-state index contributed by atoms with van der Waals surface area (Å²) in [5, 5.41) is 3.69. The molecule has 37 heavy (non-hydrogen) atoms. The van der Waals surface area contributed by atoms with E-state index < -0.39 is 5.41 Å². The van der Waals surface area contributed by atoms with Crippen molar-refractivity contribution in [2.45, 2.75) is 31.6 Å². The fraction of sp³-hybridized carbons (Fsp3) is 0.481. The summed E-state index contributed by atoms with van der Waals surface area (Å²) < 4.78 is 15.3. The van der Waals surface area contributed by atoms with Crippen molar-refractivity contribution in [3.05, 3.63) is 69.5 Å². The minimum atomic E-state index is -0.636. The lowest BCUT2D eigenvalue weighted by molar-refractivity contribution is -0.125. The van der Waals surface area contributed by atoms with E-state index in [-0.39, 0.29) is 17.8 Å². The summed E-state index contributed by atoms with van der Waals surface area (Å²) in [6.07, 6.45) is 3.04. The van der Waals surface area contributed by atoms with Crippen LogP contribution >= 0.6 is 35.1 Å². The van der Waals surface area contributed by atoms with Gasteiger partial charge in [-0.25, -0.2) is 13.5 Å². The van der Waals surface area contributed by atoms with E-state index in [0.717, 1.165) is 56.8 Å². The van der Waals surface area contributed by atoms with Crippen molar-refractivity contribution in [2.24, 2.45) is 0 Å². The van der Waals surface area contributed by atoms with Crippen LogP contribution in [-0.2, 0) is 10.2 Å². The van der Waals surface area contributed by atoms with Crippen LogP contribution in [0.4, 0.5) is 9.18 Å². The van der Waals surface area contributed by atoms with Gasteiger partial charge in [0.15, 0.2) is 0 Å². The molecular weight excluding hydrogens is 534 g/mol. The van der Waals surface area contributed by atoms with E-state index in [4.69, 9.17) is 23.2 Å². The first-order valence-electron chi connectivity index (χ1n) is 12.3. The van der Waals surface area contributed by atoms with Crippen molar-refractivity contribution < 1.29 is 14.0 Å². The molecule has 2 fully saturated rings.